The first-order chi connectivity index (χ1) is 12.4. The molecule has 0 aliphatic heterocycles. The van der Waals surface area contributed by atoms with E-state index < -0.39 is 9.84 Å². The van der Waals surface area contributed by atoms with E-state index in [9.17, 15) is 13.2 Å². The first kappa shape index (κ1) is 17.7. The summed E-state index contributed by atoms with van der Waals surface area (Å²) in [6.45, 7) is 0. The van der Waals surface area contributed by atoms with Crippen molar-refractivity contribution in [2.75, 3.05) is 11.6 Å². The lowest BCUT2D eigenvalue weighted by Gasteiger charge is -2.05. The summed E-state index contributed by atoms with van der Waals surface area (Å²) >= 11 is 0. The number of anilines is 1. The molecule has 0 fully saturated rings. The fourth-order valence-corrected chi connectivity index (χ4v) is 2.82. The third-order valence-electron chi connectivity index (χ3n) is 3.49. The van der Waals surface area contributed by atoms with Crippen LogP contribution in [0.15, 0.2) is 58.1 Å². The number of carbonyl (C=O) groups excluding carboxylic acids is 1. The van der Waals surface area contributed by atoms with Crippen LogP contribution in [-0.4, -0.2) is 35.7 Å². The van der Waals surface area contributed by atoms with Crippen molar-refractivity contribution in [2.45, 2.75) is 17.7 Å². The van der Waals surface area contributed by atoms with Crippen molar-refractivity contribution in [1.29, 1.82) is 0 Å². The van der Waals surface area contributed by atoms with Gasteiger partial charge in [-0.3, -0.25) is 9.78 Å². The Kier molecular flexibility index (Phi) is 5.08. The average Bonchev–Trinajstić information content (AvgIpc) is 3.09. The quantitative estimate of drug-likeness (QED) is 0.704. The molecule has 1 N–H and O–H groups in total. The van der Waals surface area contributed by atoms with E-state index in [1.165, 1.54) is 12.1 Å². The lowest BCUT2D eigenvalue weighted by molar-refractivity contribution is -0.116. The first-order valence-electron chi connectivity index (χ1n) is 7.76. The third-order valence-corrected chi connectivity index (χ3v) is 4.62. The van der Waals surface area contributed by atoms with Crippen LogP contribution in [0.3, 0.4) is 0 Å². The molecular weight excluding hydrogens is 356 g/mol. The minimum absolute atomic E-state index is 0.150. The van der Waals surface area contributed by atoms with E-state index in [0.717, 1.165) is 6.26 Å². The number of amides is 1. The Morgan fingerprint density at radius 3 is 2.58 bits per heavy atom. The van der Waals surface area contributed by atoms with Crippen molar-refractivity contribution in [2.24, 2.45) is 0 Å². The molecule has 3 rings (SSSR count). The zero-order valence-corrected chi connectivity index (χ0v) is 14.7. The molecule has 0 saturated heterocycles. The van der Waals surface area contributed by atoms with Crippen LogP contribution in [0.1, 0.15) is 12.3 Å². The molecule has 0 atom stereocenters. The van der Waals surface area contributed by atoms with Gasteiger partial charge in [0.2, 0.25) is 17.6 Å². The van der Waals surface area contributed by atoms with Crippen molar-refractivity contribution >= 4 is 21.4 Å². The second kappa shape index (κ2) is 7.44. The van der Waals surface area contributed by atoms with E-state index in [1.807, 2.05) is 6.07 Å². The topological polar surface area (TPSA) is 115 Å². The molecular formula is C17H16N4O4S. The van der Waals surface area contributed by atoms with Crippen molar-refractivity contribution in [3.05, 3.63) is 54.6 Å². The van der Waals surface area contributed by atoms with Gasteiger partial charge in [0.05, 0.1) is 4.90 Å². The molecule has 0 radical (unpaired) electrons. The van der Waals surface area contributed by atoms with Crippen LogP contribution in [0.2, 0.25) is 0 Å². The van der Waals surface area contributed by atoms with E-state index in [2.05, 4.69) is 20.4 Å². The van der Waals surface area contributed by atoms with Crippen LogP contribution < -0.4 is 5.32 Å². The van der Waals surface area contributed by atoms with Gasteiger partial charge < -0.3 is 9.84 Å². The largest absolute Gasteiger partial charge is 0.339 e. The van der Waals surface area contributed by atoms with Crippen LogP contribution in [0.5, 0.6) is 0 Å². The highest BCUT2D eigenvalue weighted by Crippen LogP contribution is 2.15. The lowest BCUT2D eigenvalue weighted by Crippen LogP contribution is -2.12. The molecule has 1 aromatic carbocycles. The highest BCUT2D eigenvalue weighted by molar-refractivity contribution is 7.90. The molecule has 1 amide bonds. The van der Waals surface area contributed by atoms with E-state index in [-0.39, 0.29) is 23.6 Å². The van der Waals surface area contributed by atoms with Gasteiger partial charge in [-0.25, -0.2) is 8.42 Å². The molecule has 2 aromatic heterocycles. The number of sulfone groups is 1. The van der Waals surface area contributed by atoms with Gasteiger partial charge in [-0.1, -0.05) is 11.2 Å². The second-order valence-corrected chi connectivity index (χ2v) is 7.59. The maximum absolute atomic E-state index is 12.0. The SMILES string of the molecule is CS(=O)(=O)c1ccc(NC(=O)CCc2nc(-c3ccccn3)no2)cc1. The number of pyridine rings is 1. The summed E-state index contributed by atoms with van der Waals surface area (Å²) in [5.41, 5.74) is 1.11. The Labute approximate surface area is 150 Å². The summed E-state index contributed by atoms with van der Waals surface area (Å²) in [4.78, 5) is 20.6. The number of nitrogens with zero attached hydrogens (tertiary/aromatic N) is 3. The van der Waals surface area contributed by atoms with E-state index in [1.54, 1.807) is 30.5 Å². The zero-order chi connectivity index (χ0) is 18.6. The Bertz CT molecular complexity index is 999. The molecule has 0 spiro atoms. The number of carbonyl (C=O) groups is 1. The van der Waals surface area contributed by atoms with Gasteiger partial charge in [-0.15, -0.1) is 0 Å². The first-order valence-corrected chi connectivity index (χ1v) is 9.65. The summed E-state index contributed by atoms with van der Waals surface area (Å²) in [6, 6.07) is 11.4. The molecule has 9 heteroatoms. The second-order valence-electron chi connectivity index (χ2n) is 5.57. The van der Waals surface area contributed by atoms with Gasteiger partial charge in [-0.2, -0.15) is 4.98 Å². The summed E-state index contributed by atoms with van der Waals surface area (Å²) < 4.78 is 28.0. The highest BCUT2D eigenvalue weighted by atomic mass is 32.2. The summed E-state index contributed by atoms with van der Waals surface area (Å²) in [7, 11) is -3.26. The summed E-state index contributed by atoms with van der Waals surface area (Å²) in [5.74, 6) is 0.472. The summed E-state index contributed by atoms with van der Waals surface area (Å²) in [6.07, 6.45) is 3.20. The Balaban J connectivity index is 1.55. The Morgan fingerprint density at radius 2 is 1.92 bits per heavy atom. The normalized spacial score (nSPS) is 11.3. The van der Waals surface area contributed by atoms with Crippen LogP contribution in [0.25, 0.3) is 11.5 Å². The van der Waals surface area contributed by atoms with E-state index >= 15 is 0 Å². The van der Waals surface area contributed by atoms with E-state index in [0.29, 0.717) is 23.1 Å². The van der Waals surface area contributed by atoms with Crippen molar-refractivity contribution in [3.8, 4) is 11.5 Å². The maximum Gasteiger partial charge on any atom is 0.227 e. The molecule has 0 aliphatic carbocycles. The zero-order valence-electron chi connectivity index (χ0n) is 13.9. The Morgan fingerprint density at radius 1 is 1.15 bits per heavy atom. The minimum Gasteiger partial charge on any atom is -0.339 e. The van der Waals surface area contributed by atoms with Gasteiger partial charge in [-0.05, 0) is 36.4 Å². The average molecular weight is 372 g/mol. The van der Waals surface area contributed by atoms with Crippen LogP contribution in [-0.2, 0) is 21.1 Å². The number of rotatable bonds is 6. The van der Waals surface area contributed by atoms with Gasteiger partial charge in [0.15, 0.2) is 9.84 Å². The van der Waals surface area contributed by atoms with Crippen molar-refractivity contribution < 1.29 is 17.7 Å². The standard InChI is InChI=1S/C17H16N4O4S/c1-26(23,24)13-7-5-12(6-8-13)19-15(22)9-10-16-20-17(21-25-16)14-4-2-3-11-18-14/h2-8,11H,9-10H2,1H3,(H,19,22). The molecule has 2 heterocycles. The molecule has 0 unspecified atom stereocenters. The van der Waals surface area contributed by atoms with Crippen LogP contribution in [0, 0.1) is 0 Å². The van der Waals surface area contributed by atoms with Gasteiger partial charge >= 0.3 is 0 Å². The number of hydrogen-bond acceptors (Lipinski definition) is 7. The van der Waals surface area contributed by atoms with Crippen LogP contribution >= 0.6 is 0 Å². The third kappa shape index (κ3) is 4.51. The minimum atomic E-state index is -3.26. The fourth-order valence-electron chi connectivity index (χ4n) is 2.18. The molecule has 26 heavy (non-hydrogen) atoms. The lowest BCUT2D eigenvalue weighted by atomic mass is 10.2. The maximum atomic E-state index is 12.0. The molecule has 0 saturated carbocycles. The molecule has 8 nitrogen and oxygen atoms in total. The predicted octanol–water partition coefficient (Wildman–Crippen LogP) is 2.11. The van der Waals surface area contributed by atoms with Gasteiger partial charge in [0, 0.05) is 31.0 Å². The van der Waals surface area contributed by atoms with E-state index in [4.69, 9.17) is 4.52 Å². The predicted molar refractivity (Wildman–Crippen MR) is 94.0 cm³/mol. The number of hydrogen-bond donors (Lipinski definition) is 1. The number of aryl methyl sites for hydroxylation is 1. The van der Waals surface area contributed by atoms with Crippen molar-refractivity contribution in [3.63, 3.8) is 0 Å². The molecule has 3 aromatic rings. The molecule has 0 aliphatic rings. The monoisotopic (exact) mass is 372 g/mol. The van der Waals surface area contributed by atoms with Gasteiger partial charge in [0.25, 0.3) is 0 Å². The Hall–Kier alpha value is -3.07. The van der Waals surface area contributed by atoms with Crippen LogP contribution in [0.4, 0.5) is 5.69 Å². The number of benzene rings is 1. The van der Waals surface area contributed by atoms with Crippen molar-refractivity contribution in [1.82, 2.24) is 15.1 Å². The number of nitrogens with one attached hydrogen (secondary N) is 1. The van der Waals surface area contributed by atoms with Gasteiger partial charge in [0.1, 0.15) is 5.69 Å². The number of aromatic nitrogens is 3. The molecule has 134 valence electrons. The fraction of sp³-hybridized carbons (Fsp3) is 0.176. The molecule has 0 bridgehead atoms. The summed E-state index contributed by atoms with van der Waals surface area (Å²) in [5, 5.41) is 6.54. The highest BCUT2D eigenvalue weighted by Gasteiger charge is 2.12. The smallest absolute Gasteiger partial charge is 0.227 e.